The van der Waals surface area contributed by atoms with E-state index in [9.17, 15) is 0 Å². The molecule has 1 aliphatic heterocycles. The molecule has 336 valence electrons. The predicted octanol–water partition coefficient (Wildman–Crippen LogP) is 16.9. The van der Waals surface area contributed by atoms with Gasteiger partial charge in [-0.15, -0.1) is 11.8 Å². The first-order valence-electron chi connectivity index (χ1n) is 30.5. The standard InChI is InChI=1S/C73H38S/c1-8(2)9-6-7-10(71(3,4)5)70-65(9)72-66-57-49-39-29-21-13-11-12-15-19-17(13)25-33-27(19)37-31-23(15)24-16(12)20-18-14(11)22(21)30-36-26(18)34-28(20)38-32(24)42-41(31)53-47(37)55-45(33)51(43(49)35(25)29)59(66)61(55)68-63(53)64-54(42)48(38)56-46(34)52-44(36)50(40(30)39)58(57)67(72)60(52)62(56)69(64)73(68,72)74-70/h6-8,13,15,17,19,21,23,29,31,39-42,50,54,58,60,62,64,67,69H,1-5H3. The summed E-state index contributed by atoms with van der Waals surface area (Å²) in [6, 6.07) is 5.51. The Kier molecular flexibility index (Phi) is 3.00. The highest BCUT2D eigenvalue weighted by molar-refractivity contribution is 8.00. The maximum Gasteiger partial charge on any atom is 0.0645 e. The van der Waals surface area contributed by atoms with Gasteiger partial charge in [-0.3, -0.25) is 0 Å². The zero-order chi connectivity index (χ0) is 45.0. The molecule has 1 heteroatoms. The maximum absolute atomic E-state index is 2.79. The summed E-state index contributed by atoms with van der Waals surface area (Å²) < 4.78 is 0.0217. The van der Waals surface area contributed by atoms with Gasteiger partial charge in [-0.2, -0.15) is 0 Å². The molecule has 74 heavy (non-hydrogen) atoms. The van der Waals surface area contributed by atoms with E-state index in [1.165, 1.54) is 0 Å². The first-order valence-corrected chi connectivity index (χ1v) is 31.3. The third kappa shape index (κ3) is 1.74. The molecule has 22 aliphatic carbocycles. The van der Waals surface area contributed by atoms with E-state index in [2.05, 4.69) is 75.2 Å². The molecule has 22 unspecified atom stereocenters. The Bertz CT molecular complexity index is 5650. The Balaban J connectivity index is 1.00. The number of thioether (sulfide) groups is 1. The van der Waals surface area contributed by atoms with Gasteiger partial charge in [-0.1, -0.05) is 46.8 Å². The number of rotatable bonds is 1. The molecule has 0 radical (unpaired) electrons. The van der Waals surface area contributed by atoms with E-state index in [1.54, 1.807) is 11.1 Å². The first kappa shape index (κ1) is 31.0. The highest BCUT2D eigenvalue weighted by atomic mass is 32.2. The van der Waals surface area contributed by atoms with Crippen molar-refractivity contribution in [1.82, 2.24) is 0 Å². The van der Waals surface area contributed by atoms with Crippen molar-refractivity contribution >= 4 is 97.9 Å². The van der Waals surface area contributed by atoms with E-state index in [4.69, 9.17) is 0 Å². The number of fused-ring (bicyclic) bond motifs is 1. The molecule has 1 fully saturated rings. The summed E-state index contributed by atoms with van der Waals surface area (Å²) in [6.45, 7) is 13.1. The van der Waals surface area contributed by atoms with Gasteiger partial charge in [0.15, 0.2) is 0 Å². The topological polar surface area (TPSA) is 0 Å². The minimum absolute atomic E-state index is 0.0125. The zero-order valence-electron chi connectivity index (χ0n) is 41.2. The number of hydrogen-bond acceptors (Lipinski definition) is 1. The van der Waals surface area contributed by atoms with Gasteiger partial charge in [-0.25, -0.2) is 0 Å². The fraction of sp³-hybridized carbons (Fsp3) is 0.397. The van der Waals surface area contributed by atoms with Crippen molar-refractivity contribution in [2.45, 2.75) is 168 Å². The van der Waals surface area contributed by atoms with Crippen LogP contribution in [0.25, 0.3) is 97.3 Å². The zero-order valence-corrected chi connectivity index (χ0v) is 42.0. The van der Waals surface area contributed by atoms with E-state index in [0.29, 0.717) is 124 Å². The molecule has 0 N–H and O–H groups in total. The number of benzene rings is 10. The van der Waals surface area contributed by atoms with Crippen LogP contribution in [0.1, 0.15) is 275 Å². The maximum atomic E-state index is 2.79. The molecular formula is C73H38S. The van der Waals surface area contributed by atoms with Crippen LogP contribution in [0, 0.1) is 11.8 Å². The number of hydrogen-bond donors (Lipinski definition) is 0. The van der Waals surface area contributed by atoms with Crippen molar-refractivity contribution < 1.29 is 0 Å². The lowest BCUT2D eigenvalue weighted by molar-refractivity contribution is 0.0336. The molecule has 1 heterocycles. The summed E-state index contributed by atoms with van der Waals surface area (Å²) in [5, 5.41) is 30.8. The van der Waals surface area contributed by atoms with Crippen LogP contribution in [-0.4, -0.2) is 0 Å². The van der Waals surface area contributed by atoms with Gasteiger partial charge in [0.05, 0.1) is 4.75 Å². The van der Waals surface area contributed by atoms with Crippen molar-refractivity contribution in [1.29, 1.82) is 0 Å². The molecule has 22 atom stereocenters. The fourth-order valence-electron chi connectivity index (χ4n) is 33.0. The van der Waals surface area contributed by atoms with Crippen LogP contribution in [0.3, 0.4) is 0 Å². The molecule has 0 amide bonds. The van der Waals surface area contributed by atoms with Crippen molar-refractivity contribution in [3.63, 3.8) is 0 Å². The molecule has 0 aromatic heterocycles. The van der Waals surface area contributed by atoms with E-state index >= 15 is 0 Å². The van der Waals surface area contributed by atoms with Crippen LogP contribution in [0.4, 0.5) is 0 Å². The minimum atomic E-state index is -0.0125. The molecule has 0 bridgehead atoms. The average molecular weight is 947 g/mol. The Morgan fingerprint density at radius 1 is 0.338 bits per heavy atom. The monoisotopic (exact) mass is 946 g/mol. The summed E-state index contributed by atoms with van der Waals surface area (Å²) in [7, 11) is 0. The van der Waals surface area contributed by atoms with Gasteiger partial charge >= 0.3 is 0 Å². The predicted molar refractivity (Wildman–Crippen MR) is 289 cm³/mol. The summed E-state index contributed by atoms with van der Waals surface area (Å²) in [6.07, 6.45) is 0. The van der Waals surface area contributed by atoms with Crippen LogP contribution in [0.5, 0.6) is 0 Å². The second-order valence-electron chi connectivity index (χ2n) is 32.4. The Morgan fingerprint density at radius 3 is 1.07 bits per heavy atom. The highest BCUT2D eigenvalue weighted by Crippen LogP contribution is 3.01. The molecule has 2 spiro atoms. The highest BCUT2D eigenvalue weighted by Gasteiger charge is 2.90. The lowest BCUT2D eigenvalue weighted by Gasteiger charge is -2.65. The second kappa shape index (κ2) is 7.17. The summed E-state index contributed by atoms with van der Waals surface area (Å²) >= 11 is 2.64. The quantitative estimate of drug-likeness (QED) is 0.148. The van der Waals surface area contributed by atoms with Gasteiger partial charge in [0.25, 0.3) is 0 Å². The average Bonchev–Trinajstić information content (AvgIpc) is 3.68. The molecule has 1 saturated carbocycles. The van der Waals surface area contributed by atoms with Gasteiger partial charge in [0, 0.05) is 10.3 Å². The lowest BCUT2D eigenvalue weighted by Crippen LogP contribution is -2.62. The molecular weight excluding hydrogens is 909 g/mol. The van der Waals surface area contributed by atoms with Crippen LogP contribution in [-0.2, 0) is 15.6 Å². The first-order chi connectivity index (χ1) is 36.4. The van der Waals surface area contributed by atoms with Crippen LogP contribution in [0.15, 0.2) is 17.0 Å². The SMILES string of the molecule is CC(C)c1ccc(C(C)(C)C)c2c1C13c4c5c6c7c8c9c%10c%11c%12c%13c%14c%15c(c%16c%13c%10c7c4-%16)C1(S2)C1C%15C2c4c7c%10c%13c%15c%16c%17c%18c%19c%20c%21c%22c%23c(c4c4c%22c%19c%16c%104)C2C%14C%12C%23C%21C%11C9C%20C%18C8C6C%17C%15C5C3C%13C71. The summed E-state index contributed by atoms with van der Waals surface area (Å²) in [5.74, 6) is 13.6. The molecule has 23 aliphatic rings. The van der Waals surface area contributed by atoms with Gasteiger partial charge < -0.3 is 0 Å². The van der Waals surface area contributed by atoms with Crippen LogP contribution >= 0.6 is 11.8 Å². The molecule has 0 saturated heterocycles. The fourth-order valence-corrected chi connectivity index (χ4v) is 35.4. The van der Waals surface area contributed by atoms with Crippen molar-refractivity contribution in [3.05, 3.63) is 140 Å². The Morgan fingerprint density at radius 2 is 0.649 bits per heavy atom. The Hall–Kier alpha value is -5.37. The lowest BCUT2D eigenvalue weighted by atomic mass is 9.39. The van der Waals surface area contributed by atoms with Crippen LogP contribution in [0.2, 0.25) is 0 Å². The third-order valence-corrected chi connectivity index (χ3v) is 33.5. The van der Waals surface area contributed by atoms with Crippen molar-refractivity contribution in [2.75, 3.05) is 0 Å². The van der Waals surface area contributed by atoms with Crippen LogP contribution < -0.4 is 0 Å². The van der Waals surface area contributed by atoms with Gasteiger partial charge in [0.1, 0.15) is 0 Å². The van der Waals surface area contributed by atoms with E-state index in [0.717, 1.165) is 0 Å². The molecule has 11 aromatic carbocycles. The van der Waals surface area contributed by atoms with Crippen molar-refractivity contribution in [3.8, 4) is 11.1 Å². The second-order valence-corrected chi connectivity index (χ2v) is 33.7. The molecule has 0 nitrogen and oxygen atoms in total. The van der Waals surface area contributed by atoms with E-state index < -0.39 is 0 Å². The Labute approximate surface area is 426 Å². The smallest absolute Gasteiger partial charge is 0.0645 e. The third-order valence-electron chi connectivity index (χ3n) is 31.8. The van der Waals surface area contributed by atoms with Crippen molar-refractivity contribution in [2.24, 2.45) is 11.8 Å². The van der Waals surface area contributed by atoms with Gasteiger partial charge in [-0.05, 0) is 355 Å². The minimum Gasteiger partial charge on any atom is -0.112 e. The molecule has 11 aromatic rings. The normalized spacial score (nSPS) is 46.4. The van der Waals surface area contributed by atoms with E-state index in [-0.39, 0.29) is 15.6 Å². The summed E-state index contributed by atoms with van der Waals surface area (Å²) in [4.78, 5) is 1.81. The summed E-state index contributed by atoms with van der Waals surface area (Å²) in [5.41, 5.74) is 50.1. The largest absolute Gasteiger partial charge is 0.112 e. The van der Waals surface area contributed by atoms with E-state index in [1.807, 2.05) is 202 Å². The molecule has 34 rings (SSSR count). The van der Waals surface area contributed by atoms with Gasteiger partial charge in [0.2, 0.25) is 0 Å².